The van der Waals surface area contributed by atoms with Gasteiger partial charge in [-0.3, -0.25) is 5.43 Å². The van der Waals surface area contributed by atoms with Crippen molar-refractivity contribution in [2.24, 2.45) is 4.99 Å². The van der Waals surface area contributed by atoms with Gasteiger partial charge in [0.2, 0.25) is 0 Å². The normalized spacial score (nSPS) is 17.6. The zero-order valence-electron chi connectivity index (χ0n) is 14.5. The van der Waals surface area contributed by atoms with Crippen molar-refractivity contribution < 1.29 is 4.39 Å². The fraction of sp³-hybridized carbons (Fsp3) is 0.211. The number of aromatic nitrogens is 3. The van der Waals surface area contributed by atoms with Gasteiger partial charge in [0.15, 0.2) is 11.6 Å². The molecule has 0 radical (unpaired) electrons. The highest BCUT2D eigenvalue weighted by Gasteiger charge is 2.15. The summed E-state index contributed by atoms with van der Waals surface area (Å²) in [6.07, 6.45) is 10.2. The molecule has 0 amide bonds. The summed E-state index contributed by atoms with van der Waals surface area (Å²) in [6.45, 7) is 0.438. The van der Waals surface area contributed by atoms with Crippen LogP contribution in [-0.4, -0.2) is 20.7 Å². The predicted molar refractivity (Wildman–Crippen MR) is 105 cm³/mol. The Labute approximate surface area is 161 Å². The van der Waals surface area contributed by atoms with Crippen LogP contribution in [0.4, 0.5) is 10.1 Å². The van der Waals surface area contributed by atoms with Crippen molar-refractivity contribution in [2.75, 3.05) is 10.7 Å². The molecule has 0 saturated heterocycles. The largest absolute Gasteiger partial charge is 0.378 e. The summed E-state index contributed by atoms with van der Waals surface area (Å²) >= 11 is 6.12. The highest BCUT2D eigenvalue weighted by atomic mass is 35.5. The Balaban J connectivity index is 1.52. The molecule has 0 bridgehead atoms. The van der Waals surface area contributed by atoms with E-state index in [2.05, 4.69) is 32.0 Å². The van der Waals surface area contributed by atoms with Crippen LogP contribution in [0.5, 0.6) is 0 Å². The first-order chi connectivity index (χ1) is 13.2. The van der Waals surface area contributed by atoms with Gasteiger partial charge in [-0.25, -0.2) is 14.1 Å². The Morgan fingerprint density at radius 2 is 2.11 bits per heavy atom. The fourth-order valence-corrected chi connectivity index (χ4v) is 3.06. The van der Waals surface area contributed by atoms with Crippen LogP contribution in [0.3, 0.4) is 0 Å². The summed E-state index contributed by atoms with van der Waals surface area (Å²) in [7, 11) is 0. The molecule has 6 nitrogen and oxygen atoms in total. The lowest BCUT2D eigenvalue weighted by Gasteiger charge is -2.13. The van der Waals surface area contributed by atoms with Crippen molar-refractivity contribution in [1.82, 2.24) is 14.9 Å². The van der Waals surface area contributed by atoms with E-state index in [0.29, 0.717) is 24.6 Å². The minimum atomic E-state index is -0.267. The smallest absolute Gasteiger partial charge is 0.171 e. The van der Waals surface area contributed by atoms with Crippen LogP contribution in [0.1, 0.15) is 24.5 Å². The number of aliphatic imine (C=N–C) groups is 1. The van der Waals surface area contributed by atoms with Crippen molar-refractivity contribution >= 4 is 23.1 Å². The number of rotatable bonds is 4. The summed E-state index contributed by atoms with van der Waals surface area (Å²) in [5.41, 5.74) is 4.90. The van der Waals surface area contributed by atoms with Gasteiger partial charge in [0, 0.05) is 17.1 Å². The Morgan fingerprint density at radius 3 is 2.93 bits per heavy atom. The zero-order valence-corrected chi connectivity index (χ0v) is 15.2. The first-order valence-electron chi connectivity index (χ1n) is 8.68. The lowest BCUT2D eigenvalue weighted by Crippen LogP contribution is -2.25. The van der Waals surface area contributed by atoms with Gasteiger partial charge in [0.25, 0.3) is 0 Å². The molecule has 2 heterocycles. The van der Waals surface area contributed by atoms with E-state index < -0.39 is 0 Å². The Morgan fingerprint density at radius 1 is 1.26 bits per heavy atom. The molecule has 1 aromatic carbocycles. The van der Waals surface area contributed by atoms with E-state index in [4.69, 9.17) is 11.6 Å². The molecule has 1 aliphatic carbocycles. The molecule has 0 atom stereocenters. The third-order valence-corrected chi connectivity index (χ3v) is 4.48. The third kappa shape index (κ3) is 4.25. The molecule has 1 aromatic heterocycles. The number of hydrogen-bond donors (Lipinski definition) is 2. The van der Waals surface area contributed by atoms with Gasteiger partial charge in [0.05, 0.1) is 12.2 Å². The van der Waals surface area contributed by atoms with Crippen LogP contribution >= 0.6 is 11.6 Å². The summed E-state index contributed by atoms with van der Waals surface area (Å²) in [5.74, 6) is 1.91. The standard InChI is InChI=1S/C19H18ClFN6/c20-13-3-1-4-16(11-13)23-17-5-2-6-18-24-25-19(27(18)26-17)12-22-15-9-7-14(21)8-10-15/h2,4-5,7-11,22H,1,3,6,12H2,(H,23,26). The zero-order chi connectivity index (χ0) is 18.6. The van der Waals surface area contributed by atoms with Crippen molar-refractivity contribution in [3.8, 4) is 0 Å². The van der Waals surface area contributed by atoms with Gasteiger partial charge in [-0.2, -0.15) is 0 Å². The number of hydrogen-bond acceptors (Lipinski definition) is 4. The molecular weight excluding hydrogens is 367 g/mol. The molecule has 0 unspecified atom stereocenters. The van der Waals surface area contributed by atoms with E-state index in [1.807, 2.05) is 22.9 Å². The molecule has 27 heavy (non-hydrogen) atoms. The van der Waals surface area contributed by atoms with Gasteiger partial charge in [-0.05, 0) is 49.3 Å². The fourth-order valence-electron chi connectivity index (χ4n) is 2.83. The van der Waals surface area contributed by atoms with E-state index in [1.165, 1.54) is 12.1 Å². The second-order valence-electron chi connectivity index (χ2n) is 6.20. The van der Waals surface area contributed by atoms with Crippen LogP contribution in [-0.2, 0) is 13.0 Å². The first-order valence-corrected chi connectivity index (χ1v) is 9.06. The van der Waals surface area contributed by atoms with Gasteiger partial charge in [-0.15, -0.1) is 10.2 Å². The first kappa shape index (κ1) is 17.5. The molecular formula is C19H18ClFN6. The average molecular weight is 385 g/mol. The van der Waals surface area contributed by atoms with Gasteiger partial charge in [0.1, 0.15) is 11.7 Å². The van der Waals surface area contributed by atoms with Gasteiger partial charge < -0.3 is 5.32 Å². The third-order valence-electron chi connectivity index (χ3n) is 4.19. The monoisotopic (exact) mass is 384 g/mol. The molecule has 2 aromatic rings. The number of allylic oxidation sites excluding steroid dienone is 4. The second-order valence-corrected chi connectivity index (χ2v) is 6.69. The molecule has 138 valence electrons. The number of benzene rings is 1. The van der Waals surface area contributed by atoms with Crippen LogP contribution in [0.15, 0.2) is 64.3 Å². The summed E-state index contributed by atoms with van der Waals surface area (Å²) < 4.78 is 14.9. The van der Waals surface area contributed by atoms with Crippen LogP contribution in [0.2, 0.25) is 0 Å². The van der Waals surface area contributed by atoms with Gasteiger partial charge in [-0.1, -0.05) is 23.8 Å². The Hall–Kier alpha value is -2.93. The number of nitrogens with zero attached hydrogens (tertiary/aromatic N) is 4. The van der Waals surface area contributed by atoms with E-state index in [1.54, 1.807) is 12.1 Å². The maximum absolute atomic E-state index is 13.0. The maximum Gasteiger partial charge on any atom is 0.171 e. The number of anilines is 1. The average Bonchev–Trinajstić information content (AvgIpc) is 2.91. The Kier molecular flexibility index (Phi) is 5.02. The predicted octanol–water partition coefficient (Wildman–Crippen LogP) is 3.88. The minimum Gasteiger partial charge on any atom is -0.378 e. The summed E-state index contributed by atoms with van der Waals surface area (Å²) in [4.78, 5) is 4.63. The summed E-state index contributed by atoms with van der Waals surface area (Å²) in [5, 5.41) is 12.5. The van der Waals surface area contributed by atoms with Crippen molar-refractivity contribution in [1.29, 1.82) is 0 Å². The lowest BCUT2D eigenvalue weighted by atomic mass is 10.1. The number of amidine groups is 1. The summed E-state index contributed by atoms with van der Waals surface area (Å²) in [6, 6.07) is 6.19. The van der Waals surface area contributed by atoms with Crippen LogP contribution in [0, 0.1) is 5.82 Å². The molecule has 8 heteroatoms. The highest BCUT2D eigenvalue weighted by molar-refractivity contribution is 6.29. The van der Waals surface area contributed by atoms with E-state index in [-0.39, 0.29) is 5.82 Å². The molecule has 2 aliphatic rings. The SMILES string of the molecule is Fc1ccc(NCc2nnc3n2NC(=NC2=CCCC(Cl)=C2)C=CC3)cc1. The maximum atomic E-state index is 13.0. The molecule has 0 saturated carbocycles. The Bertz CT molecular complexity index is 955. The molecule has 0 spiro atoms. The second kappa shape index (κ2) is 7.75. The number of halogens is 2. The topological polar surface area (TPSA) is 67.1 Å². The van der Waals surface area contributed by atoms with Crippen LogP contribution in [0.25, 0.3) is 0 Å². The van der Waals surface area contributed by atoms with E-state index >= 15 is 0 Å². The number of fused-ring (bicyclic) bond motifs is 1. The minimum absolute atomic E-state index is 0.267. The molecule has 0 fully saturated rings. The molecule has 2 N–H and O–H groups in total. The molecule has 4 rings (SSSR count). The van der Waals surface area contributed by atoms with E-state index in [0.717, 1.165) is 35.1 Å². The quantitative estimate of drug-likeness (QED) is 0.839. The van der Waals surface area contributed by atoms with Crippen molar-refractivity contribution in [2.45, 2.75) is 25.8 Å². The van der Waals surface area contributed by atoms with Crippen LogP contribution < -0.4 is 10.7 Å². The van der Waals surface area contributed by atoms with Crippen molar-refractivity contribution in [3.63, 3.8) is 0 Å². The van der Waals surface area contributed by atoms with Gasteiger partial charge >= 0.3 is 0 Å². The lowest BCUT2D eigenvalue weighted by molar-refractivity contribution is 0.628. The number of nitrogens with one attached hydrogen (secondary N) is 2. The molecule has 1 aliphatic heterocycles. The highest BCUT2D eigenvalue weighted by Crippen LogP contribution is 2.21. The van der Waals surface area contributed by atoms with Crippen molar-refractivity contribution in [3.05, 3.63) is 76.8 Å². The van der Waals surface area contributed by atoms with E-state index in [9.17, 15) is 4.39 Å².